The number of hydrogen-bond acceptors (Lipinski definition) is 0. The second kappa shape index (κ2) is 2.35. The minimum atomic E-state index is 0.907. The first kappa shape index (κ1) is 7.14. The number of fused-ring (bicyclic) bond motifs is 3. The van der Waals surface area contributed by atoms with Gasteiger partial charge in [-0.25, -0.2) is 0 Å². The molecule has 0 aliphatic heterocycles. The van der Waals surface area contributed by atoms with Gasteiger partial charge in [-0.05, 0) is 48.3 Å². The molecule has 2 atom stereocenters. The summed E-state index contributed by atoms with van der Waals surface area (Å²) in [5, 5.41) is 0. The van der Waals surface area contributed by atoms with Crippen LogP contribution in [-0.2, 0) is 6.42 Å². The van der Waals surface area contributed by atoms with Gasteiger partial charge in [0.2, 0.25) is 0 Å². The van der Waals surface area contributed by atoms with Crippen LogP contribution in [0.1, 0.15) is 29.9 Å². The zero-order valence-corrected chi connectivity index (χ0v) is 8.47. The van der Waals surface area contributed by atoms with E-state index in [1.165, 1.54) is 23.7 Å². The molecule has 3 rings (SSSR count). The van der Waals surface area contributed by atoms with Crippen LogP contribution in [0, 0.1) is 5.92 Å². The first-order valence-corrected chi connectivity index (χ1v) is 5.43. The van der Waals surface area contributed by atoms with Crippen molar-refractivity contribution in [2.24, 2.45) is 5.92 Å². The van der Waals surface area contributed by atoms with Crippen molar-refractivity contribution in [2.75, 3.05) is 0 Å². The standard InChI is InChI=1S/C11H11Br/c12-10-3-1-2-7-4-5-8-6-9(8)11(7)10/h1-3,8-9H,4-6H2. The summed E-state index contributed by atoms with van der Waals surface area (Å²) in [6.45, 7) is 0. The fourth-order valence-corrected chi connectivity index (χ4v) is 3.18. The molecule has 0 saturated heterocycles. The summed E-state index contributed by atoms with van der Waals surface area (Å²) in [7, 11) is 0. The van der Waals surface area contributed by atoms with Gasteiger partial charge in [-0.2, -0.15) is 0 Å². The van der Waals surface area contributed by atoms with Crippen molar-refractivity contribution in [3.05, 3.63) is 33.8 Å². The minimum absolute atomic E-state index is 0.907. The maximum Gasteiger partial charge on any atom is 0.0212 e. The predicted molar refractivity (Wildman–Crippen MR) is 53.3 cm³/mol. The highest BCUT2D eigenvalue weighted by Crippen LogP contribution is 2.56. The molecule has 12 heavy (non-hydrogen) atoms. The van der Waals surface area contributed by atoms with Gasteiger partial charge in [0.25, 0.3) is 0 Å². The van der Waals surface area contributed by atoms with Crippen LogP contribution < -0.4 is 0 Å². The van der Waals surface area contributed by atoms with Crippen LogP contribution in [0.25, 0.3) is 0 Å². The molecule has 2 aliphatic rings. The van der Waals surface area contributed by atoms with Crippen molar-refractivity contribution in [1.82, 2.24) is 0 Å². The van der Waals surface area contributed by atoms with Crippen LogP contribution in [0.5, 0.6) is 0 Å². The second-order valence-electron chi connectivity index (χ2n) is 3.95. The van der Waals surface area contributed by atoms with E-state index in [2.05, 4.69) is 34.1 Å². The zero-order valence-electron chi connectivity index (χ0n) is 6.89. The van der Waals surface area contributed by atoms with Crippen molar-refractivity contribution in [3.63, 3.8) is 0 Å². The van der Waals surface area contributed by atoms with E-state index in [1.54, 1.807) is 11.1 Å². The highest BCUT2D eigenvalue weighted by Gasteiger charge is 2.42. The Kier molecular flexibility index (Phi) is 1.40. The molecule has 1 aromatic rings. The molecule has 2 aliphatic carbocycles. The van der Waals surface area contributed by atoms with Crippen molar-refractivity contribution in [2.45, 2.75) is 25.2 Å². The smallest absolute Gasteiger partial charge is 0.0212 e. The van der Waals surface area contributed by atoms with Gasteiger partial charge in [0.05, 0.1) is 0 Å². The average Bonchev–Trinajstić information content (AvgIpc) is 2.82. The maximum atomic E-state index is 3.65. The molecule has 0 bridgehead atoms. The van der Waals surface area contributed by atoms with Crippen LogP contribution in [0.2, 0.25) is 0 Å². The van der Waals surface area contributed by atoms with Crippen LogP contribution in [0.4, 0.5) is 0 Å². The topological polar surface area (TPSA) is 0 Å². The van der Waals surface area contributed by atoms with Crippen molar-refractivity contribution in [1.29, 1.82) is 0 Å². The molecule has 1 heteroatoms. The molecule has 0 aromatic heterocycles. The molecule has 0 heterocycles. The van der Waals surface area contributed by atoms with E-state index >= 15 is 0 Å². The highest BCUT2D eigenvalue weighted by atomic mass is 79.9. The van der Waals surface area contributed by atoms with E-state index in [1.807, 2.05) is 0 Å². The Balaban J connectivity index is 2.19. The summed E-state index contributed by atoms with van der Waals surface area (Å²) in [6.07, 6.45) is 4.17. The minimum Gasteiger partial charge on any atom is -0.0609 e. The molecular formula is C11H11Br. The second-order valence-corrected chi connectivity index (χ2v) is 4.81. The van der Waals surface area contributed by atoms with Gasteiger partial charge in [-0.15, -0.1) is 0 Å². The van der Waals surface area contributed by atoms with Gasteiger partial charge in [-0.3, -0.25) is 0 Å². The Morgan fingerprint density at radius 3 is 3.17 bits per heavy atom. The number of rotatable bonds is 0. The average molecular weight is 223 g/mol. The van der Waals surface area contributed by atoms with Gasteiger partial charge < -0.3 is 0 Å². The SMILES string of the molecule is Brc1cccc2c1C1CC1CC2. The third-order valence-electron chi connectivity index (χ3n) is 3.22. The van der Waals surface area contributed by atoms with Gasteiger partial charge in [0, 0.05) is 4.47 Å². The Labute approximate surface area is 81.1 Å². The number of aryl methyl sites for hydroxylation is 1. The Hall–Kier alpha value is -0.300. The zero-order chi connectivity index (χ0) is 8.13. The quantitative estimate of drug-likeness (QED) is 0.631. The fraction of sp³-hybridized carbons (Fsp3) is 0.455. The van der Waals surface area contributed by atoms with E-state index in [9.17, 15) is 0 Å². The molecule has 0 amide bonds. The van der Waals surface area contributed by atoms with Gasteiger partial charge in [0.15, 0.2) is 0 Å². The van der Waals surface area contributed by atoms with Gasteiger partial charge in [0.1, 0.15) is 0 Å². The lowest BCUT2D eigenvalue weighted by Gasteiger charge is -2.15. The Morgan fingerprint density at radius 2 is 2.25 bits per heavy atom. The third kappa shape index (κ3) is 0.891. The molecule has 1 fully saturated rings. The number of hydrogen-bond donors (Lipinski definition) is 0. The van der Waals surface area contributed by atoms with E-state index in [4.69, 9.17) is 0 Å². The van der Waals surface area contributed by atoms with E-state index in [0.717, 1.165) is 11.8 Å². The van der Waals surface area contributed by atoms with Gasteiger partial charge in [-0.1, -0.05) is 28.1 Å². The maximum absolute atomic E-state index is 3.65. The summed E-state index contributed by atoms with van der Waals surface area (Å²) >= 11 is 3.65. The lowest BCUT2D eigenvalue weighted by atomic mass is 9.92. The van der Waals surface area contributed by atoms with Gasteiger partial charge >= 0.3 is 0 Å². The Bertz CT molecular complexity index is 330. The first-order chi connectivity index (χ1) is 5.86. The molecule has 1 aromatic carbocycles. The molecule has 2 unspecified atom stereocenters. The summed E-state index contributed by atoms with van der Waals surface area (Å²) in [6, 6.07) is 6.62. The van der Waals surface area contributed by atoms with Crippen LogP contribution in [0.3, 0.4) is 0 Å². The third-order valence-corrected chi connectivity index (χ3v) is 3.91. The summed E-state index contributed by atoms with van der Waals surface area (Å²) < 4.78 is 1.34. The normalized spacial score (nSPS) is 30.8. The molecule has 62 valence electrons. The largest absolute Gasteiger partial charge is 0.0609 e. The van der Waals surface area contributed by atoms with Crippen molar-refractivity contribution in [3.8, 4) is 0 Å². The Morgan fingerprint density at radius 1 is 1.33 bits per heavy atom. The van der Waals surface area contributed by atoms with Crippen molar-refractivity contribution >= 4 is 15.9 Å². The molecule has 0 nitrogen and oxygen atoms in total. The van der Waals surface area contributed by atoms with Crippen LogP contribution in [-0.4, -0.2) is 0 Å². The van der Waals surface area contributed by atoms with E-state index < -0.39 is 0 Å². The molecule has 0 radical (unpaired) electrons. The summed E-state index contributed by atoms with van der Waals surface area (Å²) in [5.41, 5.74) is 3.21. The number of benzene rings is 1. The molecule has 0 N–H and O–H groups in total. The molecular weight excluding hydrogens is 212 g/mol. The highest BCUT2D eigenvalue weighted by molar-refractivity contribution is 9.10. The summed E-state index contributed by atoms with van der Waals surface area (Å²) in [5.74, 6) is 1.93. The van der Waals surface area contributed by atoms with E-state index in [-0.39, 0.29) is 0 Å². The summed E-state index contributed by atoms with van der Waals surface area (Å²) in [4.78, 5) is 0. The fourth-order valence-electron chi connectivity index (χ4n) is 2.48. The van der Waals surface area contributed by atoms with Crippen LogP contribution >= 0.6 is 15.9 Å². The lowest BCUT2D eigenvalue weighted by Crippen LogP contribution is -2.01. The lowest BCUT2D eigenvalue weighted by molar-refractivity contribution is 0.665. The molecule has 1 saturated carbocycles. The van der Waals surface area contributed by atoms with E-state index in [0.29, 0.717) is 0 Å². The monoisotopic (exact) mass is 222 g/mol. The number of halogens is 1. The van der Waals surface area contributed by atoms with Crippen molar-refractivity contribution < 1.29 is 0 Å². The van der Waals surface area contributed by atoms with Crippen LogP contribution in [0.15, 0.2) is 22.7 Å². The molecule has 0 spiro atoms. The predicted octanol–water partition coefficient (Wildman–Crippen LogP) is 3.50. The first-order valence-electron chi connectivity index (χ1n) is 4.63.